The van der Waals surface area contributed by atoms with Gasteiger partial charge in [0.2, 0.25) is 0 Å². The Balaban J connectivity index is 2.21. The first-order valence-corrected chi connectivity index (χ1v) is 7.29. The highest BCUT2D eigenvalue weighted by Gasteiger charge is 2.18. The molecule has 0 aliphatic carbocycles. The second-order valence-corrected chi connectivity index (χ2v) is 5.33. The fourth-order valence-corrected chi connectivity index (χ4v) is 2.52. The lowest BCUT2D eigenvalue weighted by Crippen LogP contribution is -2.19. The first-order valence-electron chi connectivity index (χ1n) is 6.54. The molecule has 7 nitrogen and oxygen atoms in total. The van der Waals surface area contributed by atoms with E-state index in [9.17, 15) is 14.9 Å². The zero-order chi connectivity index (χ0) is 17.7. The molecule has 0 atom stereocenters. The van der Waals surface area contributed by atoms with Gasteiger partial charge in [0.15, 0.2) is 0 Å². The van der Waals surface area contributed by atoms with E-state index in [1.807, 2.05) is 0 Å². The van der Waals surface area contributed by atoms with Crippen molar-refractivity contribution < 1.29 is 14.5 Å². The number of carbonyl (C=O) groups excluding carboxylic acids is 1. The molecule has 0 heterocycles. The third-order valence-corrected chi connectivity index (χ3v) is 3.46. The van der Waals surface area contributed by atoms with Gasteiger partial charge in [-0.25, -0.2) is 5.43 Å². The van der Waals surface area contributed by atoms with E-state index in [0.717, 1.165) is 0 Å². The van der Waals surface area contributed by atoms with Gasteiger partial charge in [-0.05, 0) is 18.2 Å². The summed E-state index contributed by atoms with van der Waals surface area (Å²) in [5.41, 5.74) is 2.25. The van der Waals surface area contributed by atoms with Gasteiger partial charge < -0.3 is 4.74 Å². The van der Waals surface area contributed by atoms with E-state index in [0.29, 0.717) is 16.3 Å². The highest BCUT2D eigenvalue weighted by Crippen LogP contribution is 2.31. The Kier molecular flexibility index (Phi) is 5.73. The maximum absolute atomic E-state index is 12.0. The molecule has 0 saturated heterocycles. The lowest BCUT2D eigenvalue weighted by Gasteiger charge is -2.07. The van der Waals surface area contributed by atoms with Crippen LogP contribution in [0.4, 0.5) is 5.69 Å². The highest BCUT2D eigenvalue weighted by molar-refractivity contribution is 6.36. The van der Waals surface area contributed by atoms with Crippen LogP contribution in [0.15, 0.2) is 41.5 Å². The van der Waals surface area contributed by atoms with Crippen molar-refractivity contribution in [2.75, 3.05) is 7.11 Å². The van der Waals surface area contributed by atoms with Crippen molar-refractivity contribution in [1.82, 2.24) is 5.43 Å². The maximum Gasteiger partial charge on any atom is 0.282 e. The Labute approximate surface area is 147 Å². The van der Waals surface area contributed by atoms with Crippen LogP contribution in [0.5, 0.6) is 5.75 Å². The van der Waals surface area contributed by atoms with Gasteiger partial charge in [-0.15, -0.1) is 0 Å². The molecule has 0 bridgehead atoms. The SMILES string of the molecule is COc1c(Cl)cc(Cl)cc1C=NNC(=O)c1ccccc1[N+](=O)[O-]. The van der Waals surface area contributed by atoms with Gasteiger partial charge in [0, 0.05) is 16.7 Å². The molecule has 9 heteroatoms. The number of benzene rings is 2. The summed E-state index contributed by atoms with van der Waals surface area (Å²) in [4.78, 5) is 22.3. The van der Waals surface area contributed by atoms with E-state index in [4.69, 9.17) is 27.9 Å². The number of nitrogens with one attached hydrogen (secondary N) is 1. The van der Waals surface area contributed by atoms with E-state index >= 15 is 0 Å². The van der Waals surface area contributed by atoms with Crippen molar-refractivity contribution in [3.05, 3.63) is 67.7 Å². The van der Waals surface area contributed by atoms with Crippen LogP contribution >= 0.6 is 23.2 Å². The lowest BCUT2D eigenvalue weighted by atomic mass is 10.2. The molecule has 0 saturated carbocycles. The first-order chi connectivity index (χ1) is 11.4. The molecule has 1 amide bonds. The van der Waals surface area contributed by atoms with Gasteiger partial charge in [-0.2, -0.15) is 5.10 Å². The molecule has 0 unspecified atom stereocenters. The number of nitro benzene ring substituents is 1. The molecular weight excluding hydrogens is 357 g/mol. The number of para-hydroxylation sites is 1. The maximum atomic E-state index is 12.0. The predicted molar refractivity (Wildman–Crippen MR) is 91.2 cm³/mol. The Bertz CT molecular complexity index is 824. The van der Waals surface area contributed by atoms with E-state index in [1.165, 1.54) is 43.7 Å². The predicted octanol–water partition coefficient (Wildman–Crippen LogP) is 3.67. The molecule has 2 aromatic rings. The molecule has 124 valence electrons. The van der Waals surface area contributed by atoms with Crippen LogP contribution in [-0.2, 0) is 0 Å². The van der Waals surface area contributed by atoms with Crippen molar-refractivity contribution >= 4 is 41.0 Å². The van der Waals surface area contributed by atoms with Gasteiger partial charge in [0.1, 0.15) is 11.3 Å². The Morgan fingerprint density at radius 2 is 2.04 bits per heavy atom. The van der Waals surface area contributed by atoms with Crippen LogP contribution in [0.2, 0.25) is 10.0 Å². The molecule has 0 radical (unpaired) electrons. The van der Waals surface area contributed by atoms with Crippen LogP contribution in [0.25, 0.3) is 0 Å². The Morgan fingerprint density at radius 1 is 1.33 bits per heavy atom. The number of carbonyl (C=O) groups is 1. The number of hydrogen-bond acceptors (Lipinski definition) is 5. The van der Waals surface area contributed by atoms with E-state index in [-0.39, 0.29) is 16.3 Å². The summed E-state index contributed by atoms with van der Waals surface area (Å²) in [5.74, 6) is -0.379. The molecule has 24 heavy (non-hydrogen) atoms. The van der Waals surface area contributed by atoms with E-state index in [1.54, 1.807) is 6.07 Å². The normalized spacial score (nSPS) is 10.6. The van der Waals surface area contributed by atoms with Crippen molar-refractivity contribution in [3.63, 3.8) is 0 Å². The minimum atomic E-state index is -0.717. The second kappa shape index (κ2) is 7.76. The van der Waals surface area contributed by atoms with Gasteiger partial charge in [0.05, 0.1) is 23.3 Å². The molecule has 2 rings (SSSR count). The van der Waals surface area contributed by atoms with E-state index in [2.05, 4.69) is 10.5 Å². The van der Waals surface area contributed by atoms with E-state index < -0.39 is 10.8 Å². The third kappa shape index (κ3) is 4.01. The molecular formula is C15H11Cl2N3O4. The summed E-state index contributed by atoms with van der Waals surface area (Å²) < 4.78 is 5.14. The molecule has 0 aromatic heterocycles. The standard InChI is InChI=1S/C15H11Cl2N3O4/c1-24-14-9(6-10(16)7-12(14)17)8-18-19-15(21)11-4-2-3-5-13(11)20(22)23/h2-8H,1H3,(H,19,21). The van der Waals surface area contributed by atoms with Crippen LogP contribution in [0.3, 0.4) is 0 Å². The van der Waals surface area contributed by atoms with Crippen LogP contribution in [0.1, 0.15) is 15.9 Å². The molecule has 1 N–H and O–H groups in total. The summed E-state index contributed by atoms with van der Waals surface area (Å²) in [6.07, 6.45) is 1.28. The number of halogens is 2. The Hall–Kier alpha value is -2.64. The number of rotatable bonds is 5. The van der Waals surface area contributed by atoms with Crippen molar-refractivity contribution in [2.45, 2.75) is 0 Å². The zero-order valence-electron chi connectivity index (χ0n) is 12.3. The summed E-state index contributed by atoms with van der Waals surface area (Å²) in [7, 11) is 1.43. The van der Waals surface area contributed by atoms with Gasteiger partial charge in [-0.3, -0.25) is 14.9 Å². The smallest absolute Gasteiger partial charge is 0.282 e. The summed E-state index contributed by atoms with van der Waals surface area (Å²) in [6, 6.07) is 8.61. The molecule has 0 aliphatic rings. The number of ether oxygens (including phenoxy) is 1. The summed E-state index contributed by atoms with van der Waals surface area (Å²) >= 11 is 11.9. The average molecular weight is 368 g/mol. The largest absolute Gasteiger partial charge is 0.495 e. The summed E-state index contributed by atoms with van der Waals surface area (Å²) in [6.45, 7) is 0. The number of amides is 1. The number of nitrogens with zero attached hydrogens (tertiary/aromatic N) is 2. The molecule has 0 spiro atoms. The molecule has 2 aromatic carbocycles. The fraction of sp³-hybridized carbons (Fsp3) is 0.0667. The molecule has 0 fully saturated rings. The van der Waals surface area contributed by atoms with Crippen molar-refractivity contribution in [2.24, 2.45) is 5.10 Å². The minimum absolute atomic E-state index is 0.101. The van der Waals surface area contributed by atoms with Crippen molar-refractivity contribution in [1.29, 1.82) is 0 Å². The van der Waals surface area contributed by atoms with Crippen molar-refractivity contribution in [3.8, 4) is 5.75 Å². The molecule has 0 aliphatic heterocycles. The summed E-state index contributed by atoms with van der Waals surface area (Å²) in [5, 5.41) is 15.3. The second-order valence-electron chi connectivity index (χ2n) is 4.48. The number of hydrazone groups is 1. The first kappa shape index (κ1) is 17.7. The van der Waals surface area contributed by atoms with Crippen LogP contribution < -0.4 is 10.2 Å². The highest BCUT2D eigenvalue weighted by atomic mass is 35.5. The van der Waals surface area contributed by atoms with Crippen LogP contribution in [0, 0.1) is 10.1 Å². The minimum Gasteiger partial charge on any atom is -0.495 e. The van der Waals surface area contributed by atoms with Gasteiger partial charge >= 0.3 is 0 Å². The number of methoxy groups -OCH3 is 1. The Morgan fingerprint density at radius 3 is 2.71 bits per heavy atom. The fourth-order valence-electron chi connectivity index (χ4n) is 1.94. The topological polar surface area (TPSA) is 93.8 Å². The quantitative estimate of drug-likeness (QED) is 0.495. The van der Waals surface area contributed by atoms with Gasteiger partial charge in [-0.1, -0.05) is 35.3 Å². The average Bonchev–Trinajstić information content (AvgIpc) is 2.54. The number of hydrogen-bond donors (Lipinski definition) is 1. The monoisotopic (exact) mass is 367 g/mol. The number of nitro groups is 1. The third-order valence-electron chi connectivity index (χ3n) is 2.96. The van der Waals surface area contributed by atoms with Crippen LogP contribution in [-0.4, -0.2) is 24.2 Å². The zero-order valence-corrected chi connectivity index (χ0v) is 13.8. The van der Waals surface area contributed by atoms with Gasteiger partial charge in [0.25, 0.3) is 11.6 Å². The lowest BCUT2D eigenvalue weighted by molar-refractivity contribution is -0.385.